The van der Waals surface area contributed by atoms with Crippen molar-refractivity contribution in [2.45, 2.75) is 12.8 Å². The summed E-state index contributed by atoms with van der Waals surface area (Å²) in [5.74, 6) is 5.50. The number of anilines is 1. The van der Waals surface area contributed by atoms with E-state index in [1.807, 2.05) is 12.1 Å². The number of carbonyl (C=O) groups is 2. The minimum Gasteiger partial charge on any atom is -0.395 e. The van der Waals surface area contributed by atoms with Crippen LogP contribution in [-0.2, 0) is 4.79 Å². The zero-order valence-electron chi connectivity index (χ0n) is 10.3. The van der Waals surface area contributed by atoms with E-state index in [1.165, 1.54) is 4.90 Å². The molecule has 0 radical (unpaired) electrons. The maximum Gasteiger partial charge on any atom is 0.328 e. The molecule has 2 rings (SSSR count). The fourth-order valence-corrected chi connectivity index (χ4v) is 1.76. The van der Waals surface area contributed by atoms with Gasteiger partial charge in [0, 0.05) is 30.6 Å². The number of rotatable bonds is 2. The minimum absolute atomic E-state index is 0.0487. The number of nitrogens with zero attached hydrogens (tertiary/aromatic N) is 1. The number of hydrogen-bond acceptors (Lipinski definition) is 3. The lowest BCUT2D eigenvalue weighted by atomic mass is 10.2. The van der Waals surface area contributed by atoms with Crippen LogP contribution < -0.4 is 10.2 Å². The third kappa shape index (κ3) is 3.33. The van der Waals surface area contributed by atoms with Crippen LogP contribution in [0.3, 0.4) is 0 Å². The summed E-state index contributed by atoms with van der Waals surface area (Å²) >= 11 is 0. The van der Waals surface area contributed by atoms with E-state index in [4.69, 9.17) is 5.11 Å². The number of aliphatic hydroxyl groups excluding tert-OH is 1. The SMILES string of the molecule is O=C1CCN(c2ccc(C#CCCO)cc2)C(=O)N1. The number of nitrogens with one attached hydrogen (secondary N) is 1. The maximum absolute atomic E-state index is 11.6. The van der Waals surface area contributed by atoms with Crippen molar-refractivity contribution >= 4 is 17.6 Å². The van der Waals surface area contributed by atoms with Crippen LogP contribution in [0, 0.1) is 11.8 Å². The van der Waals surface area contributed by atoms with Crippen LogP contribution in [0.25, 0.3) is 0 Å². The molecule has 0 saturated carbocycles. The quantitative estimate of drug-likeness (QED) is 0.773. The van der Waals surface area contributed by atoms with Gasteiger partial charge in [-0.15, -0.1) is 0 Å². The summed E-state index contributed by atoms with van der Waals surface area (Å²) in [5, 5.41) is 10.9. The Balaban J connectivity index is 2.08. The smallest absolute Gasteiger partial charge is 0.328 e. The normalized spacial score (nSPS) is 14.7. The molecule has 98 valence electrons. The molecule has 0 unspecified atom stereocenters. The molecule has 2 N–H and O–H groups in total. The van der Waals surface area contributed by atoms with Crippen molar-refractivity contribution in [3.05, 3.63) is 29.8 Å². The molecular formula is C14H14N2O3. The molecule has 1 fully saturated rings. The van der Waals surface area contributed by atoms with Gasteiger partial charge in [0.1, 0.15) is 0 Å². The first-order chi connectivity index (χ1) is 9.20. The average molecular weight is 258 g/mol. The van der Waals surface area contributed by atoms with Crippen LogP contribution in [0.1, 0.15) is 18.4 Å². The fraction of sp³-hybridized carbons (Fsp3) is 0.286. The van der Waals surface area contributed by atoms with E-state index in [-0.39, 0.29) is 12.5 Å². The van der Waals surface area contributed by atoms with Crippen molar-refractivity contribution in [2.24, 2.45) is 0 Å². The highest BCUT2D eigenvalue weighted by molar-refractivity contribution is 6.05. The lowest BCUT2D eigenvalue weighted by Crippen LogP contribution is -2.49. The standard InChI is InChI=1S/C14H14N2O3/c17-10-2-1-3-11-4-6-12(7-5-11)16-9-8-13(18)15-14(16)19/h4-7,17H,2,8-10H2,(H,15,18,19). The van der Waals surface area contributed by atoms with Gasteiger partial charge in [-0.05, 0) is 24.3 Å². The van der Waals surface area contributed by atoms with Gasteiger partial charge in [-0.25, -0.2) is 4.79 Å². The number of hydrogen-bond donors (Lipinski definition) is 2. The Hall–Kier alpha value is -2.32. The number of benzene rings is 1. The molecule has 5 heteroatoms. The van der Waals surface area contributed by atoms with Gasteiger partial charge in [0.05, 0.1) is 6.61 Å². The first-order valence-electron chi connectivity index (χ1n) is 6.02. The summed E-state index contributed by atoms with van der Waals surface area (Å²) < 4.78 is 0. The highest BCUT2D eigenvalue weighted by atomic mass is 16.2. The first kappa shape index (κ1) is 13.1. The Morgan fingerprint density at radius 2 is 2.00 bits per heavy atom. The fourth-order valence-electron chi connectivity index (χ4n) is 1.76. The summed E-state index contributed by atoms with van der Waals surface area (Å²) in [6, 6.07) is 6.80. The van der Waals surface area contributed by atoms with Crippen molar-refractivity contribution in [1.29, 1.82) is 0 Å². The molecule has 1 aromatic rings. The minimum atomic E-state index is -0.393. The molecular weight excluding hydrogens is 244 g/mol. The second-order valence-electron chi connectivity index (χ2n) is 4.08. The lowest BCUT2D eigenvalue weighted by Gasteiger charge is -2.26. The third-order valence-corrected chi connectivity index (χ3v) is 2.70. The van der Waals surface area contributed by atoms with Crippen LogP contribution in [0.15, 0.2) is 24.3 Å². The topological polar surface area (TPSA) is 69.6 Å². The van der Waals surface area contributed by atoms with Gasteiger partial charge in [-0.3, -0.25) is 15.0 Å². The Labute approximate surface area is 111 Å². The predicted molar refractivity (Wildman–Crippen MR) is 70.5 cm³/mol. The van der Waals surface area contributed by atoms with Gasteiger partial charge >= 0.3 is 6.03 Å². The molecule has 1 aromatic carbocycles. The maximum atomic E-state index is 11.6. The van der Waals surface area contributed by atoms with E-state index >= 15 is 0 Å². The second-order valence-corrected chi connectivity index (χ2v) is 4.08. The monoisotopic (exact) mass is 258 g/mol. The van der Waals surface area contributed by atoms with Crippen LogP contribution in [0.4, 0.5) is 10.5 Å². The van der Waals surface area contributed by atoms with Gasteiger partial charge in [0.2, 0.25) is 5.91 Å². The highest BCUT2D eigenvalue weighted by Crippen LogP contribution is 2.17. The summed E-state index contributed by atoms with van der Waals surface area (Å²) in [6.45, 7) is 0.438. The Morgan fingerprint density at radius 3 is 2.63 bits per heavy atom. The number of carbonyl (C=O) groups excluding carboxylic acids is 2. The predicted octanol–water partition coefficient (Wildman–Crippen LogP) is 0.867. The van der Waals surface area contributed by atoms with Crippen LogP contribution >= 0.6 is 0 Å². The van der Waals surface area contributed by atoms with Gasteiger partial charge < -0.3 is 5.11 Å². The van der Waals surface area contributed by atoms with E-state index in [2.05, 4.69) is 17.2 Å². The molecule has 0 bridgehead atoms. The van der Waals surface area contributed by atoms with E-state index in [0.717, 1.165) is 11.3 Å². The Kier molecular flexibility index (Phi) is 4.16. The summed E-state index contributed by atoms with van der Waals surface area (Å²) in [7, 11) is 0. The van der Waals surface area contributed by atoms with E-state index in [1.54, 1.807) is 12.1 Å². The Morgan fingerprint density at radius 1 is 1.26 bits per heavy atom. The number of aliphatic hydroxyl groups is 1. The Bertz CT molecular complexity index is 540. The van der Waals surface area contributed by atoms with E-state index in [0.29, 0.717) is 19.4 Å². The average Bonchev–Trinajstić information content (AvgIpc) is 2.40. The second kappa shape index (κ2) is 6.03. The molecule has 0 spiro atoms. The molecule has 0 atom stereocenters. The molecule has 19 heavy (non-hydrogen) atoms. The molecule has 0 aromatic heterocycles. The largest absolute Gasteiger partial charge is 0.395 e. The van der Waals surface area contributed by atoms with E-state index in [9.17, 15) is 9.59 Å². The molecule has 1 saturated heterocycles. The van der Waals surface area contributed by atoms with E-state index < -0.39 is 6.03 Å². The van der Waals surface area contributed by atoms with Crippen LogP contribution in [-0.4, -0.2) is 30.2 Å². The molecule has 0 aliphatic carbocycles. The number of imide groups is 1. The summed E-state index contributed by atoms with van der Waals surface area (Å²) in [5.41, 5.74) is 1.56. The van der Waals surface area contributed by atoms with Gasteiger partial charge in [-0.2, -0.15) is 0 Å². The third-order valence-electron chi connectivity index (χ3n) is 2.70. The molecule has 1 heterocycles. The summed E-state index contributed by atoms with van der Waals surface area (Å²) in [6.07, 6.45) is 0.752. The van der Waals surface area contributed by atoms with Crippen molar-refractivity contribution in [2.75, 3.05) is 18.1 Å². The number of amides is 3. The molecule has 1 aliphatic heterocycles. The zero-order chi connectivity index (χ0) is 13.7. The van der Waals surface area contributed by atoms with Crippen molar-refractivity contribution < 1.29 is 14.7 Å². The molecule has 5 nitrogen and oxygen atoms in total. The molecule has 3 amide bonds. The highest BCUT2D eigenvalue weighted by Gasteiger charge is 2.23. The molecule has 1 aliphatic rings. The van der Waals surface area contributed by atoms with Crippen molar-refractivity contribution in [1.82, 2.24) is 5.32 Å². The first-order valence-corrected chi connectivity index (χ1v) is 6.02. The zero-order valence-corrected chi connectivity index (χ0v) is 10.3. The van der Waals surface area contributed by atoms with Crippen molar-refractivity contribution in [3.63, 3.8) is 0 Å². The van der Waals surface area contributed by atoms with Gasteiger partial charge in [0.25, 0.3) is 0 Å². The van der Waals surface area contributed by atoms with Crippen LogP contribution in [0.2, 0.25) is 0 Å². The number of urea groups is 1. The lowest BCUT2D eigenvalue weighted by molar-refractivity contribution is -0.120. The van der Waals surface area contributed by atoms with Gasteiger partial charge in [-0.1, -0.05) is 11.8 Å². The summed E-state index contributed by atoms with van der Waals surface area (Å²) in [4.78, 5) is 24.2. The van der Waals surface area contributed by atoms with Crippen LogP contribution in [0.5, 0.6) is 0 Å². The van der Waals surface area contributed by atoms with Gasteiger partial charge in [0.15, 0.2) is 0 Å². The van der Waals surface area contributed by atoms with Crippen molar-refractivity contribution in [3.8, 4) is 11.8 Å².